The molecule has 1 aromatic carbocycles. The lowest BCUT2D eigenvalue weighted by atomic mass is 10.0. The number of benzene rings is 1. The lowest BCUT2D eigenvalue weighted by Crippen LogP contribution is -2.18. The molecule has 0 spiro atoms. The average Bonchev–Trinajstić information content (AvgIpc) is 2.46. The van der Waals surface area contributed by atoms with E-state index in [9.17, 15) is 4.39 Å². The molecule has 0 radical (unpaired) electrons. The van der Waals surface area contributed by atoms with Gasteiger partial charge in [0.1, 0.15) is 5.83 Å². The summed E-state index contributed by atoms with van der Waals surface area (Å²) in [6.45, 7) is 11.9. The summed E-state index contributed by atoms with van der Waals surface area (Å²) in [5, 5.41) is 0. The fourth-order valence-corrected chi connectivity index (χ4v) is 2.32. The molecule has 0 amide bonds. The van der Waals surface area contributed by atoms with Crippen molar-refractivity contribution in [3.05, 3.63) is 65.8 Å². The molecule has 1 aliphatic carbocycles. The minimum absolute atomic E-state index is 0.0370. The average molecular weight is 273 g/mol. The van der Waals surface area contributed by atoms with Gasteiger partial charge in [0, 0.05) is 24.0 Å². The highest BCUT2D eigenvalue weighted by Gasteiger charge is 2.17. The molecule has 0 unspecified atom stereocenters. The summed E-state index contributed by atoms with van der Waals surface area (Å²) < 4.78 is 13.2. The standard InChI is InChI=1S/C16H18FN.C2H6/c1-4-18(15-8-6-5-7-12(15)2)16-10-9-14(17)11-13(16)3;1-2/h4-8,11H,1,9-10H2,2-3H3;1-2H3. The third kappa shape index (κ3) is 3.60. The molecule has 0 N–H and O–H groups in total. The minimum atomic E-state index is -0.0370. The Labute approximate surface area is 122 Å². The first-order chi connectivity index (χ1) is 9.63. The van der Waals surface area contributed by atoms with Crippen LogP contribution in [0.4, 0.5) is 10.1 Å². The van der Waals surface area contributed by atoms with E-state index in [-0.39, 0.29) is 5.83 Å². The molecule has 108 valence electrons. The van der Waals surface area contributed by atoms with E-state index in [2.05, 4.69) is 30.5 Å². The Morgan fingerprint density at radius 2 is 1.80 bits per heavy atom. The van der Waals surface area contributed by atoms with Crippen molar-refractivity contribution >= 4 is 5.69 Å². The molecule has 0 aromatic heterocycles. The van der Waals surface area contributed by atoms with Gasteiger partial charge < -0.3 is 4.90 Å². The normalized spacial score (nSPS) is 14.2. The molecule has 0 saturated heterocycles. The highest BCUT2D eigenvalue weighted by molar-refractivity contribution is 5.61. The summed E-state index contributed by atoms with van der Waals surface area (Å²) in [6.07, 6.45) is 4.61. The predicted octanol–water partition coefficient (Wildman–Crippen LogP) is 5.89. The maximum atomic E-state index is 13.2. The number of allylic oxidation sites excluding steroid dienone is 4. The van der Waals surface area contributed by atoms with Gasteiger partial charge in [-0.05, 0) is 43.5 Å². The zero-order chi connectivity index (χ0) is 15.1. The molecular formula is C18H24FN. The van der Waals surface area contributed by atoms with Crippen molar-refractivity contribution in [2.75, 3.05) is 4.90 Å². The van der Waals surface area contributed by atoms with Crippen LogP contribution in [0.3, 0.4) is 0 Å². The Morgan fingerprint density at radius 3 is 2.35 bits per heavy atom. The SMILES string of the molecule is C=CN(C1=C(C)C=C(F)CC1)c1ccccc1C.CC. The number of aryl methyl sites for hydroxylation is 1. The molecule has 1 nitrogen and oxygen atoms in total. The summed E-state index contributed by atoms with van der Waals surface area (Å²) in [5.74, 6) is -0.0370. The van der Waals surface area contributed by atoms with Crippen LogP contribution in [-0.4, -0.2) is 0 Å². The smallest absolute Gasteiger partial charge is 0.101 e. The van der Waals surface area contributed by atoms with E-state index >= 15 is 0 Å². The van der Waals surface area contributed by atoms with Crippen LogP contribution in [0.1, 0.15) is 39.2 Å². The maximum absolute atomic E-state index is 13.2. The number of halogens is 1. The number of rotatable bonds is 3. The molecule has 1 aliphatic rings. The molecule has 0 saturated carbocycles. The number of hydrogen-bond acceptors (Lipinski definition) is 1. The van der Waals surface area contributed by atoms with E-state index in [0.29, 0.717) is 12.8 Å². The fraction of sp³-hybridized carbons (Fsp3) is 0.333. The second-order valence-corrected chi connectivity index (χ2v) is 4.56. The van der Waals surface area contributed by atoms with E-state index in [0.717, 1.165) is 17.0 Å². The lowest BCUT2D eigenvalue weighted by Gasteiger charge is -2.28. The van der Waals surface area contributed by atoms with Crippen LogP contribution in [0.25, 0.3) is 0 Å². The van der Waals surface area contributed by atoms with Gasteiger partial charge in [-0.1, -0.05) is 38.6 Å². The van der Waals surface area contributed by atoms with Crippen LogP contribution in [-0.2, 0) is 0 Å². The van der Waals surface area contributed by atoms with Crippen LogP contribution < -0.4 is 4.90 Å². The van der Waals surface area contributed by atoms with E-state index in [4.69, 9.17) is 0 Å². The minimum Gasteiger partial charge on any atom is -0.321 e. The van der Waals surface area contributed by atoms with Crippen LogP contribution in [0.5, 0.6) is 0 Å². The Hall–Kier alpha value is -1.83. The van der Waals surface area contributed by atoms with Gasteiger partial charge in [-0.15, -0.1) is 0 Å². The maximum Gasteiger partial charge on any atom is 0.101 e. The molecule has 0 fully saturated rings. The third-order valence-electron chi connectivity index (χ3n) is 3.28. The number of nitrogens with zero attached hydrogens (tertiary/aromatic N) is 1. The molecular weight excluding hydrogens is 249 g/mol. The molecule has 0 atom stereocenters. The summed E-state index contributed by atoms with van der Waals surface area (Å²) in [5.41, 5.74) is 4.40. The second kappa shape index (κ2) is 7.68. The molecule has 0 aliphatic heterocycles. The predicted molar refractivity (Wildman–Crippen MR) is 86.3 cm³/mol. The zero-order valence-corrected chi connectivity index (χ0v) is 12.9. The Bertz CT molecular complexity index is 526. The number of para-hydroxylation sites is 1. The summed E-state index contributed by atoms with van der Waals surface area (Å²) in [4.78, 5) is 2.06. The lowest BCUT2D eigenvalue weighted by molar-refractivity contribution is 0.576. The largest absolute Gasteiger partial charge is 0.321 e. The zero-order valence-electron chi connectivity index (χ0n) is 12.9. The topological polar surface area (TPSA) is 3.24 Å². The second-order valence-electron chi connectivity index (χ2n) is 4.56. The van der Waals surface area contributed by atoms with Crippen molar-refractivity contribution in [2.24, 2.45) is 0 Å². The van der Waals surface area contributed by atoms with Gasteiger partial charge in [-0.25, -0.2) is 4.39 Å². The monoisotopic (exact) mass is 273 g/mol. The molecule has 2 rings (SSSR count). The van der Waals surface area contributed by atoms with Gasteiger partial charge in [0.25, 0.3) is 0 Å². The third-order valence-corrected chi connectivity index (χ3v) is 3.28. The quantitative estimate of drug-likeness (QED) is 0.663. The summed E-state index contributed by atoms with van der Waals surface area (Å²) in [7, 11) is 0. The molecule has 0 heterocycles. The highest BCUT2D eigenvalue weighted by Crippen LogP contribution is 2.32. The van der Waals surface area contributed by atoms with Crippen LogP contribution in [0.15, 0.2) is 60.2 Å². The van der Waals surface area contributed by atoms with Gasteiger partial charge in [0.2, 0.25) is 0 Å². The van der Waals surface area contributed by atoms with Crippen LogP contribution in [0, 0.1) is 6.92 Å². The van der Waals surface area contributed by atoms with Gasteiger partial charge in [-0.2, -0.15) is 0 Å². The van der Waals surface area contributed by atoms with Crippen molar-refractivity contribution < 1.29 is 4.39 Å². The van der Waals surface area contributed by atoms with Crippen molar-refractivity contribution in [2.45, 2.75) is 40.5 Å². The molecule has 1 aromatic rings. The van der Waals surface area contributed by atoms with E-state index < -0.39 is 0 Å². The molecule has 0 bridgehead atoms. The van der Waals surface area contributed by atoms with Crippen LogP contribution in [0.2, 0.25) is 0 Å². The first-order valence-electron chi connectivity index (χ1n) is 7.16. The van der Waals surface area contributed by atoms with Crippen LogP contribution >= 0.6 is 0 Å². The van der Waals surface area contributed by atoms with E-state index in [1.165, 1.54) is 5.56 Å². The first kappa shape index (κ1) is 16.2. The van der Waals surface area contributed by atoms with Crippen molar-refractivity contribution in [1.82, 2.24) is 0 Å². The summed E-state index contributed by atoms with van der Waals surface area (Å²) >= 11 is 0. The number of anilines is 1. The Morgan fingerprint density at radius 1 is 1.15 bits per heavy atom. The highest BCUT2D eigenvalue weighted by atomic mass is 19.1. The van der Waals surface area contributed by atoms with Crippen molar-refractivity contribution in [1.29, 1.82) is 0 Å². The molecule has 20 heavy (non-hydrogen) atoms. The Balaban J connectivity index is 0.000000956. The van der Waals surface area contributed by atoms with Gasteiger partial charge in [0.05, 0.1) is 0 Å². The van der Waals surface area contributed by atoms with Crippen molar-refractivity contribution in [3.8, 4) is 0 Å². The van der Waals surface area contributed by atoms with E-state index in [1.807, 2.05) is 32.9 Å². The van der Waals surface area contributed by atoms with Crippen molar-refractivity contribution in [3.63, 3.8) is 0 Å². The van der Waals surface area contributed by atoms with Gasteiger partial charge >= 0.3 is 0 Å². The molecule has 2 heteroatoms. The number of hydrogen-bond donors (Lipinski definition) is 0. The summed E-state index contributed by atoms with van der Waals surface area (Å²) in [6, 6.07) is 8.16. The fourth-order valence-electron chi connectivity index (χ4n) is 2.32. The van der Waals surface area contributed by atoms with Gasteiger partial charge in [-0.3, -0.25) is 0 Å². The van der Waals surface area contributed by atoms with E-state index in [1.54, 1.807) is 12.3 Å². The van der Waals surface area contributed by atoms with Gasteiger partial charge in [0.15, 0.2) is 0 Å². The first-order valence-corrected chi connectivity index (χ1v) is 7.16. The Kier molecular flexibility index (Phi) is 6.23.